The second-order valence-electron chi connectivity index (χ2n) is 4.78. The molecule has 1 aromatic heterocycles. The van der Waals surface area contributed by atoms with Crippen LogP contribution in [0.25, 0.3) is 0 Å². The predicted molar refractivity (Wildman–Crippen MR) is 74.9 cm³/mol. The highest BCUT2D eigenvalue weighted by atomic mass is 35.5. The van der Waals surface area contributed by atoms with Gasteiger partial charge in [0.15, 0.2) is 0 Å². The molecule has 1 aliphatic rings. The van der Waals surface area contributed by atoms with E-state index in [2.05, 4.69) is 26.9 Å². The lowest BCUT2D eigenvalue weighted by Crippen LogP contribution is -2.37. The van der Waals surface area contributed by atoms with Crippen LogP contribution in [0.4, 0.5) is 5.95 Å². The van der Waals surface area contributed by atoms with Gasteiger partial charge in [0.1, 0.15) is 0 Å². The van der Waals surface area contributed by atoms with E-state index in [0.717, 1.165) is 13.1 Å². The molecular weight excluding hydrogens is 266 g/mol. The van der Waals surface area contributed by atoms with Crippen LogP contribution in [0.1, 0.15) is 19.8 Å². The first-order valence-corrected chi connectivity index (χ1v) is 6.93. The molecule has 1 unspecified atom stereocenters. The van der Waals surface area contributed by atoms with Crippen LogP contribution in [0.5, 0.6) is 6.01 Å². The van der Waals surface area contributed by atoms with Crippen molar-refractivity contribution in [3.8, 4) is 6.01 Å². The fraction of sp³-hybridized carbons (Fsp3) is 0.750. The Balaban J connectivity index is 2.07. The number of aromatic nitrogens is 3. The number of likely N-dealkylation sites (tertiary alicyclic amines) is 1. The van der Waals surface area contributed by atoms with Crippen LogP contribution in [0.15, 0.2) is 0 Å². The second-order valence-corrected chi connectivity index (χ2v) is 5.12. The summed E-state index contributed by atoms with van der Waals surface area (Å²) >= 11 is 5.90. The molecule has 0 saturated carbocycles. The standard InChI is InChI=1S/C12H20ClN5O/c1-4-19-12-15-10(13)14-11(16-12)18(3)8-9-6-5-7-17(9)2/h9H,4-8H2,1-3H3. The van der Waals surface area contributed by atoms with Gasteiger partial charge in [-0.25, -0.2) is 0 Å². The number of hydrogen-bond acceptors (Lipinski definition) is 6. The van der Waals surface area contributed by atoms with E-state index in [0.29, 0.717) is 18.6 Å². The molecule has 106 valence electrons. The van der Waals surface area contributed by atoms with E-state index in [1.165, 1.54) is 12.8 Å². The van der Waals surface area contributed by atoms with E-state index in [9.17, 15) is 0 Å². The van der Waals surface area contributed by atoms with Crippen molar-refractivity contribution in [2.24, 2.45) is 0 Å². The summed E-state index contributed by atoms with van der Waals surface area (Å²) in [6, 6.07) is 0.820. The van der Waals surface area contributed by atoms with Crippen LogP contribution < -0.4 is 9.64 Å². The van der Waals surface area contributed by atoms with Gasteiger partial charge in [0.2, 0.25) is 11.2 Å². The van der Waals surface area contributed by atoms with Gasteiger partial charge in [-0.1, -0.05) is 0 Å². The highest BCUT2D eigenvalue weighted by Crippen LogP contribution is 2.19. The number of nitrogens with zero attached hydrogens (tertiary/aromatic N) is 5. The minimum absolute atomic E-state index is 0.167. The largest absolute Gasteiger partial charge is 0.464 e. The van der Waals surface area contributed by atoms with Gasteiger partial charge in [0, 0.05) is 19.6 Å². The molecule has 1 aromatic rings. The molecule has 0 N–H and O–H groups in total. The van der Waals surface area contributed by atoms with Crippen LogP contribution in [0.3, 0.4) is 0 Å². The fourth-order valence-electron chi connectivity index (χ4n) is 2.29. The Labute approximate surface area is 118 Å². The first-order chi connectivity index (χ1) is 9.10. The molecule has 7 heteroatoms. The maximum absolute atomic E-state index is 5.90. The SMILES string of the molecule is CCOc1nc(Cl)nc(N(C)CC2CCCN2C)n1. The minimum atomic E-state index is 0.167. The molecule has 6 nitrogen and oxygen atoms in total. The summed E-state index contributed by atoms with van der Waals surface area (Å²) in [5.41, 5.74) is 0. The van der Waals surface area contributed by atoms with Crippen molar-refractivity contribution in [2.75, 3.05) is 38.7 Å². The van der Waals surface area contributed by atoms with Crippen LogP contribution in [-0.4, -0.2) is 59.7 Å². The summed E-state index contributed by atoms with van der Waals surface area (Å²) in [5, 5.41) is 0.167. The lowest BCUT2D eigenvalue weighted by Gasteiger charge is -2.25. The van der Waals surface area contributed by atoms with E-state index in [4.69, 9.17) is 16.3 Å². The van der Waals surface area contributed by atoms with Crippen molar-refractivity contribution >= 4 is 17.5 Å². The number of likely N-dealkylation sites (N-methyl/N-ethyl adjacent to an activating group) is 2. The third-order valence-corrected chi connectivity index (χ3v) is 3.52. The highest BCUT2D eigenvalue weighted by molar-refractivity contribution is 6.28. The zero-order valence-electron chi connectivity index (χ0n) is 11.6. The molecule has 0 spiro atoms. The minimum Gasteiger partial charge on any atom is -0.464 e. The maximum atomic E-state index is 5.90. The summed E-state index contributed by atoms with van der Waals surface area (Å²) in [6.45, 7) is 4.42. The molecule has 0 aromatic carbocycles. The molecular formula is C12H20ClN5O. The van der Waals surface area contributed by atoms with Gasteiger partial charge in [-0.05, 0) is 45.0 Å². The third kappa shape index (κ3) is 3.67. The zero-order valence-corrected chi connectivity index (χ0v) is 12.4. The zero-order chi connectivity index (χ0) is 13.8. The molecule has 0 bridgehead atoms. The Kier molecular flexibility index (Phi) is 4.76. The van der Waals surface area contributed by atoms with E-state index in [-0.39, 0.29) is 11.3 Å². The fourth-order valence-corrected chi connectivity index (χ4v) is 2.44. The van der Waals surface area contributed by atoms with Crippen molar-refractivity contribution in [1.29, 1.82) is 0 Å². The number of hydrogen-bond donors (Lipinski definition) is 0. The Hall–Kier alpha value is -1.14. The van der Waals surface area contributed by atoms with Crippen LogP contribution in [0, 0.1) is 0 Å². The quantitative estimate of drug-likeness (QED) is 0.816. The van der Waals surface area contributed by atoms with Gasteiger partial charge in [-0.2, -0.15) is 15.0 Å². The molecule has 1 aliphatic heterocycles. The first-order valence-electron chi connectivity index (χ1n) is 6.56. The Morgan fingerprint density at radius 2 is 2.21 bits per heavy atom. The van der Waals surface area contributed by atoms with E-state index < -0.39 is 0 Å². The molecule has 1 fully saturated rings. The van der Waals surface area contributed by atoms with E-state index in [1.807, 2.05) is 18.9 Å². The molecule has 2 heterocycles. The summed E-state index contributed by atoms with van der Waals surface area (Å²) in [4.78, 5) is 16.7. The van der Waals surface area contributed by atoms with Gasteiger partial charge < -0.3 is 14.5 Å². The summed E-state index contributed by atoms with van der Waals surface area (Å²) in [6.07, 6.45) is 2.45. The van der Waals surface area contributed by atoms with E-state index >= 15 is 0 Å². The molecule has 0 radical (unpaired) electrons. The van der Waals surface area contributed by atoms with E-state index in [1.54, 1.807) is 0 Å². The Morgan fingerprint density at radius 1 is 1.42 bits per heavy atom. The van der Waals surface area contributed by atoms with Gasteiger partial charge in [0.05, 0.1) is 6.61 Å². The average Bonchev–Trinajstić information content (AvgIpc) is 2.75. The molecule has 0 aliphatic carbocycles. The third-order valence-electron chi connectivity index (χ3n) is 3.35. The van der Waals surface area contributed by atoms with Crippen molar-refractivity contribution in [1.82, 2.24) is 19.9 Å². The highest BCUT2D eigenvalue weighted by Gasteiger charge is 2.23. The monoisotopic (exact) mass is 285 g/mol. The summed E-state index contributed by atoms with van der Waals surface area (Å²) < 4.78 is 5.28. The number of halogens is 1. The van der Waals surface area contributed by atoms with Gasteiger partial charge in [-0.3, -0.25) is 0 Å². The van der Waals surface area contributed by atoms with Gasteiger partial charge in [0.25, 0.3) is 0 Å². The first kappa shape index (κ1) is 14.3. The lowest BCUT2D eigenvalue weighted by molar-refractivity contribution is 0.307. The second kappa shape index (κ2) is 6.34. The van der Waals surface area contributed by atoms with Gasteiger partial charge in [-0.15, -0.1) is 0 Å². The maximum Gasteiger partial charge on any atom is 0.322 e. The average molecular weight is 286 g/mol. The van der Waals surface area contributed by atoms with Crippen molar-refractivity contribution in [2.45, 2.75) is 25.8 Å². The molecule has 0 amide bonds. The molecule has 19 heavy (non-hydrogen) atoms. The van der Waals surface area contributed by atoms with Crippen LogP contribution in [-0.2, 0) is 0 Å². The number of anilines is 1. The Morgan fingerprint density at radius 3 is 2.84 bits per heavy atom. The predicted octanol–water partition coefficient (Wildman–Crippen LogP) is 1.45. The van der Waals surface area contributed by atoms with Crippen LogP contribution in [0.2, 0.25) is 5.28 Å². The van der Waals surface area contributed by atoms with Crippen molar-refractivity contribution < 1.29 is 4.74 Å². The van der Waals surface area contributed by atoms with Crippen molar-refractivity contribution in [3.63, 3.8) is 0 Å². The number of ether oxygens (including phenoxy) is 1. The Bertz CT molecular complexity index is 431. The molecule has 2 rings (SSSR count). The van der Waals surface area contributed by atoms with Crippen molar-refractivity contribution in [3.05, 3.63) is 5.28 Å². The summed E-state index contributed by atoms with van der Waals surface area (Å²) in [7, 11) is 4.12. The topological polar surface area (TPSA) is 54.4 Å². The van der Waals surface area contributed by atoms with Gasteiger partial charge >= 0.3 is 6.01 Å². The smallest absolute Gasteiger partial charge is 0.322 e. The molecule has 1 saturated heterocycles. The van der Waals surface area contributed by atoms with Crippen LogP contribution >= 0.6 is 11.6 Å². The normalized spacial score (nSPS) is 19.7. The lowest BCUT2D eigenvalue weighted by atomic mass is 10.2. The molecule has 1 atom stereocenters. The number of rotatable bonds is 5. The summed E-state index contributed by atoms with van der Waals surface area (Å²) in [5.74, 6) is 0.559.